The summed E-state index contributed by atoms with van der Waals surface area (Å²) in [5.41, 5.74) is 1.43. The maximum absolute atomic E-state index is 12.3. The van der Waals surface area contributed by atoms with Gasteiger partial charge in [0.05, 0.1) is 27.8 Å². The number of aryl methyl sites for hydroxylation is 1. The van der Waals surface area contributed by atoms with Crippen LogP contribution in [0.4, 0.5) is 5.69 Å². The van der Waals surface area contributed by atoms with E-state index in [0.717, 1.165) is 0 Å². The summed E-state index contributed by atoms with van der Waals surface area (Å²) in [5.74, 6) is 0. The normalized spacial score (nSPS) is 10.4. The number of benzene rings is 2. The number of hydrogen-bond donors (Lipinski definition) is 1. The molecule has 6 heteroatoms. The molecule has 1 N–H and O–H groups in total. The van der Waals surface area contributed by atoms with Crippen molar-refractivity contribution >= 4 is 15.7 Å². The highest BCUT2D eigenvalue weighted by Crippen LogP contribution is 2.22. The van der Waals surface area contributed by atoms with E-state index in [0.29, 0.717) is 5.56 Å². The van der Waals surface area contributed by atoms with Crippen LogP contribution in [0.15, 0.2) is 47.4 Å². The van der Waals surface area contributed by atoms with Crippen molar-refractivity contribution in [3.8, 4) is 12.1 Å². The van der Waals surface area contributed by atoms with Crippen molar-refractivity contribution in [1.82, 2.24) is 0 Å². The fourth-order valence-electron chi connectivity index (χ4n) is 1.84. The van der Waals surface area contributed by atoms with Crippen molar-refractivity contribution in [2.75, 3.05) is 4.72 Å². The zero-order valence-corrected chi connectivity index (χ0v) is 12.0. The second kappa shape index (κ2) is 5.66. The van der Waals surface area contributed by atoms with Gasteiger partial charge in [0.1, 0.15) is 6.07 Å². The molecule has 104 valence electrons. The summed E-state index contributed by atoms with van der Waals surface area (Å²) in [4.78, 5) is -0.0213. The third kappa shape index (κ3) is 3.02. The highest BCUT2D eigenvalue weighted by Gasteiger charge is 2.17. The van der Waals surface area contributed by atoms with Gasteiger partial charge in [-0.2, -0.15) is 10.5 Å². The van der Waals surface area contributed by atoms with Gasteiger partial charge in [0, 0.05) is 0 Å². The van der Waals surface area contributed by atoms with Crippen LogP contribution in [0.25, 0.3) is 0 Å². The van der Waals surface area contributed by atoms with E-state index in [1.807, 2.05) is 12.1 Å². The average molecular weight is 297 g/mol. The van der Waals surface area contributed by atoms with Crippen LogP contribution in [0.1, 0.15) is 16.7 Å². The predicted molar refractivity (Wildman–Crippen MR) is 77.9 cm³/mol. The Bertz CT molecular complexity index is 875. The molecule has 0 spiro atoms. The third-order valence-electron chi connectivity index (χ3n) is 2.90. The van der Waals surface area contributed by atoms with Gasteiger partial charge in [0.2, 0.25) is 0 Å². The molecule has 0 radical (unpaired) electrons. The standard InChI is InChI=1S/C15H11N3O2S/c1-11-4-2-7-15(14(11)10-17)18-21(19,20)13-6-3-5-12(8-13)9-16/h2-8,18H,1H3. The Balaban J connectivity index is 2.46. The van der Waals surface area contributed by atoms with Gasteiger partial charge in [-0.15, -0.1) is 0 Å². The Labute approximate surface area is 123 Å². The van der Waals surface area contributed by atoms with Crippen molar-refractivity contribution in [2.45, 2.75) is 11.8 Å². The van der Waals surface area contributed by atoms with Crippen molar-refractivity contribution in [1.29, 1.82) is 10.5 Å². The van der Waals surface area contributed by atoms with Crippen LogP contribution in [0.2, 0.25) is 0 Å². The number of rotatable bonds is 3. The fraction of sp³-hybridized carbons (Fsp3) is 0.0667. The molecular weight excluding hydrogens is 286 g/mol. The minimum atomic E-state index is -3.85. The van der Waals surface area contributed by atoms with Crippen LogP contribution in [0.5, 0.6) is 0 Å². The van der Waals surface area contributed by atoms with Gasteiger partial charge in [0.25, 0.3) is 10.0 Å². The number of anilines is 1. The minimum Gasteiger partial charge on any atom is -0.278 e. The Morgan fingerprint density at radius 2 is 1.76 bits per heavy atom. The van der Waals surface area contributed by atoms with E-state index in [-0.39, 0.29) is 21.7 Å². The second-order valence-electron chi connectivity index (χ2n) is 4.35. The van der Waals surface area contributed by atoms with Crippen LogP contribution >= 0.6 is 0 Å². The van der Waals surface area contributed by atoms with Crippen LogP contribution in [0.3, 0.4) is 0 Å². The third-order valence-corrected chi connectivity index (χ3v) is 4.27. The molecule has 0 aliphatic carbocycles. The van der Waals surface area contributed by atoms with Crippen LogP contribution in [-0.4, -0.2) is 8.42 Å². The molecule has 21 heavy (non-hydrogen) atoms. The van der Waals surface area contributed by atoms with Gasteiger partial charge >= 0.3 is 0 Å². The zero-order chi connectivity index (χ0) is 15.5. The van der Waals surface area contributed by atoms with Crippen molar-refractivity contribution in [2.24, 2.45) is 0 Å². The molecule has 0 aromatic heterocycles. The van der Waals surface area contributed by atoms with E-state index in [9.17, 15) is 8.42 Å². The fourth-order valence-corrected chi connectivity index (χ4v) is 2.96. The van der Waals surface area contributed by atoms with Crippen LogP contribution in [-0.2, 0) is 10.0 Å². The smallest absolute Gasteiger partial charge is 0.261 e. The topological polar surface area (TPSA) is 93.8 Å². The molecule has 0 fully saturated rings. The molecule has 0 aliphatic heterocycles. The number of nitrogens with zero attached hydrogens (tertiary/aromatic N) is 2. The first-order valence-electron chi connectivity index (χ1n) is 6.00. The first kappa shape index (κ1) is 14.6. The minimum absolute atomic E-state index is 0.0213. The number of hydrogen-bond acceptors (Lipinski definition) is 4. The molecule has 2 rings (SSSR count). The van der Waals surface area contributed by atoms with Gasteiger partial charge in [-0.1, -0.05) is 18.2 Å². The lowest BCUT2D eigenvalue weighted by atomic mass is 10.1. The summed E-state index contributed by atoms with van der Waals surface area (Å²) in [6.45, 7) is 1.73. The Morgan fingerprint density at radius 3 is 2.43 bits per heavy atom. The highest BCUT2D eigenvalue weighted by atomic mass is 32.2. The lowest BCUT2D eigenvalue weighted by Gasteiger charge is -2.10. The Morgan fingerprint density at radius 1 is 1.05 bits per heavy atom. The number of nitrogens with one attached hydrogen (secondary N) is 1. The Kier molecular flexibility index (Phi) is 3.93. The van der Waals surface area contributed by atoms with Gasteiger partial charge in [-0.05, 0) is 36.8 Å². The summed E-state index contributed by atoms with van der Waals surface area (Å²) in [6.07, 6.45) is 0. The van der Waals surface area contributed by atoms with Gasteiger partial charge in [0.15, 0.2) is 0 Å². The number of nitriles is 2. The lowest BCUT2D eigenvalue weighted by Crippen LogP contribution is -2.14. The molecule has 2 aromatic rings. The molecule has 0 saturated heterocycles. The maximum Gasteiger partial charge on any atom is 0.261 e. The molecule has 2 aromatic carbocycles. The molecular formula is C15H11N3O2S. The van der Waals surface area contributed by atoms with E-state index < -0.39 is 10.0 Å². The van der Waals surface area contributed by atoms with Gasteiger partial charge in [-0.3, -0.25) is 4.72 Å². The molecule has 0 bridgehead atoms. The quantitative estimate of drug-likeness (QED) is 0.942. The SMILES string of the molecule is Cc1cccc(NS(=O)(=O)c2cccc(C#N)c2)c1C#N. The maximum atomic E-state index is 12.3. The van der Waals surface area contributed by atoms with E-state index in [1.165, 1.54) is 30.3 Å². The highest BCUT2D eigenvalue weighted by molar-refractivity contribution is 7.92. The summed E-state index contributed by atoms with van der Waals surface area (Å²) >= 11 is 0. The molecule has 0 atom stereocenters. The van der Waals surface area contributed by atoms with Gasteiger partial charge in [-0.25, -0.2) is 8.42 Å². The summed E-state index contributed by atoms with van der Waals surface area (Å²) in [6, 6.07) is 14.5. The Hall–Kier alpha value is -2.83. The molecule has 0 heterocycles. The predicted octanol–water partition coefficient (Wildman–Crippen LogP) is 2.54. The second-order valence-corrected chi connectivity index (χ2v) is 6.04. The van der Waals surface area contributed by atoms with Crippen LogP contribution in [0, 0.1) is 29.6 Å². The van der Waals surface area contributed by atoms with Gasteiger partial charge < -0.3 is 0 Å². The molecule has 0 aliphatic rings. The first-order valence-corrected chi connectivity index (χ1v) is 7.49. The summed E-state index contributed by atoms with van der Waals surface area (Å²) in [5, 5.41) is 17.9. The van der Waals surface area contributed by atoms with E-state index in [2.05, 4.69) is 4.72 Å². The zero-order valence-electron chi connectivity index (χ0n) is 11.2. The largest absolute Gasteiger partial charge is 0.278 e. The summed E-state index contributed by atoms with van der Waals surface area (Å²) in [7, 11) is -3.85. The molecule has 5 nitrogen and oxygen atoms in total. The van der Waals surface area contributed by atoms with E-state index in [1.54, 1.807) is 19.1 Å². The van der Waals surface area contributed by atoms with Crippen molar-refractivity contribution in [3.05, 3.63) is 59.2 Å². The molecule has 0 unspecified atom stereocenters. The van der Waals surface area contributed by atoms with Crippen LogP contribution < -0.4 is 4.72 Å². The van der Waals surface area contributed by atoms with Crippen molar-refractivity contribution < 1.29 is 8.42 Å². The average Bonchev–Trinajstić information content (AvgIpc) is 2.47. The van der Waals surface area contributed by atoms with Crippen molar-refractivity contribution in [3.63, 3.8) is 0 Å². The molecule has 0 saturated carbocycles. The van der Waals surface area contributed by atoms with E-state index >= 15 is 0 Å². The monoisotopic (exact) mass is 297 g/mol. The van der Waals surface area contributed by atoms with E-state index in [4.69, 9.17) is 10.5 Å². The first-order chi connectivity index (χ1) is 9.97. The number of sulfonamides is 1. The lowest BCUT2D eigenvalue weighted by molar-refractivity contribution is 0.601. The summed E-state index contributed by atoms with van der Waals surface area (Å²) < 4.78 is 27.0. The molecule has 0 amide bonds.